The third-order valence-electron chi connectivity index (χ3n) is 9.91. The maximum Gasteiger partial charge on any atom is 0.164 e. The van der Waals surface area contributed by atoms with Gasteiger partial charge in [-0.05, 0) is 40.5 Å². The van der Waals surface area contributed by atoms with Crippen LogP contribution in [0.5, 0.6) is 0 Å². The average molecular weight is 721 g/mol. The molecule has 7 aromatic carbocycles. The van der Waals surface area contributed by atoms with Crippen LogP contribution in [-0.4, -0.2) is 19.9 Å². The number of fused-ring (bicyclic) bond motifs is 3. The van der Waals surface area contributed by atoms with Crippen LogP contribution < -0.4 is 0 Å². The molecule has 3 aromatic heterocycles. The molecule has 0 unspecified atom stereocenters. The maximum atomic E-state index is 5.37. The number of para-hydroxylation sites is 1. The normalized spacial score (nSPS) is 11.3. The van der Waals surface area contributed by atoms with E-state index >= 15 is 0 Å². The van der Waals surface area contributed by atoms with Gasteiger partial charge in [-0.2, -0.15) is 0 Å². The molecule has 0 saturated heterocycles. The molecule has 258 valence electrons. The average Bonchev–Trinajstić information content (AvgIpc) is 3.69. The van der Waals surface area contributed by atoms with E-state index in [9.17, 15) is 0 Å². The van der Waals surface area contributed by atoms with Crippen LogP contribution in [0.25, 0.3) is 99.1 Å². The third kappa shape index (κ3) is 6.17. The van der Waals surface area contributed by atoms with Crippen molar-refractivity contribution in [2.24, 2.45) is 0 Å². The lowest BCUT2D eigenvalue weighted by Crippen LogP contribution is -2.00. The van der Waals surface area contributed by atoms with E-state index in [2.05, 4.69) is 133 Å². The van der Waals surface area contributed by atoms with E-state index < -0.39 is 0 Å². The van der Waals surface area contributed by atoms with Crippen molar-refractivity contribution >= 4 is 32.3 Å². The molecule has 55 heavy (non-hydrogen) atoms. The fraction of sp³-hybridized carbons (Fsp3) is 0. The summed E-state index contributed by atoms with van der Waals surface area (Å²) in [5.74, 6) is 1.90. The largest absolute Gasteiger partial charge is 0.247 e. The Bertz CT molecular complexity index is 2900. The Kier molecular flexibility index (Phi) is 8.32. The molecule has 0 amide bonds. The lowest BCUT2D eigenvalue weighted by atomic mass is 9.92. The van der Waals surface area contributed by atoms with Crippen molar-refractivity contribution in [2.45, 2.75) is 0 Å². The number of hydrogen-bond acceptors (Lipinski definition) is 5. The van der Waals surface area contributed by atoms with Crippen molar-refractivity contribution in [1.82, 2.24) is 19.9 Å². The zero-order chi connectivity index (χ0) is 36.6. The second-order valence-electron chi connectivity index (χ2n) is 13.4. The van der Waals surface area contributed by atoms with Crippen LogP contribution in [0.3, 0.4) is 0 Å². The lowest BCUT2D eigenvalue weighted by Gasteiger charge is -2.13. The molecule has 0 radical (unpaired) electrons. The van der Waals surface area contributed by atoms with Gasteiger partial charge in [0.25, 0.3) is 0 Å². The summed E-state index contributed by atoms with van der Waals surface area (Å²) in [6, 6.07) is 67.4. The molecule has 10 aromatic rings. The molecule has 0 spiro atoms. The molecule has 0 aliphatic carbocycles. The number of aromatic nitrogens is 4. The molecule has 0 bridgehead atoms. The second-order valence-corrected chi connectivity index (χ2v) is 14.4. The van der Waals surface area contributed by atoms with Crippen molar-refractivity contribution in [1.29, 1.82) is 0 Å². The fourth-order valence-electron chi connectivity index (χ4n) is 7.29. The smallest absolute Gasteiger partial charge is 0.164 e. The molecule has 0 fully saturated rings. The zero-order valence-electron chi connectivity index (χ0n) is 29.7. The number of nitrogens with zero attached hydrogens (tertiary/aromatic N) is 4. The van der Waals surface area contributed by atoms with Crippen molar-refractivity contribution in [3.05, 3.63) is 194 Å². The van der Waals surface area contributed by atoms with E-state index in [-0.39, 0.29) is 0 Å². The van der Waals surface area contributed by atoms with E-state index in [1.807, 2.05) is 72.0 Å². The van der Waals surface area contributed by atoms with Gasteiger partial charge in [-0.1, -0.05) is 176 Å². The molecule has 4 nitrogen and oxygen atoms in total. The van der Waals surface area contributed by atoms with E-state index in [1.54, 1.807) is 0 Å². The Balaban J connectivity index is 1.24. The van der Waals surface area contributed by atoms with Crippen molar-refractivity contribution in [3.8, 4) is 78.1 Å². The van der Waals surface area contributed by atoms with Gasteiger partial charge in [-0.3, -0.25) is 0 Å². The van der Waals surface area contributed by atoms with Gasteiger partial charge in [0.2, 0.25) is 0 Å². The Morgan fingerprint density at radius 3 is 1.42 bits per heavy atom. The van der Waals surface area contributed by atoms with Crippen LogP contribution >= 0.6 is 11.3 Å². The number of hydrogen-bond donors (Lipinski definition) is 0. The first-order valence-corrected chi connectivity index (χ1v) is 19.1. The maximum absolute atomic E-state index is 5.37. The molecule has 0 N–H and O–H groups in total. The number of rotatable bonds is 7. The molecular weight excluding hydrogens is 689 g/mol. The predicted molar refractivity (Wildman–Crippen MR) is 229 cm³/mol. The zero-order valence-corrected chi connectivity index (χ0v) is 30.5. The molecule has 10 rings (SSSR count). The Hall–Kier alpha value is -7.08. The summed E-state index contributed by atoms with van der Waals surface area (Å²) in [5, 5.41) is 2.29. The summed E-state index contributed by atoms with van der Waals surface area (Å²) < 4.78 is 1.21. The van der Waals surface area contributed by atoms with Gasteiger partial charge >= 0.3 is 0 Å². The third-order valence-corrected chi connectivity index (χ3v) is 11.2. The van der Waals surface area contributed by atoms with Gasteiger partial charge in [-0.25, -0.2) is 19.9 Å². The SMILES string of the molecule is c1ccc(-c2cccc(-c3c(-c4cccc(-c5nc(-c6ccccc6)nc(-c6ccccc6)n5)c4)sc4c3c(-c3ccccc3)nc3ccccc34)c2)cc1. The first-order valence-electron chi connectivity index (χ1n) is 18.3. The van der Waals surface area contributed by atoms with Crippen LogP contribution in [0, 0.1) is 0 Å². The van der Waals surface area contributed by atoms with E-state index in [1.165, 1.54) is 15.8 Å². The summed E-state index contributed by atoms with van der Waals surface area (Å²) in [4.78, 5) is 21.6. The standard InChI is InChI=1S/C50H32N4S/c1-5-17-33(18-6-1)37-25-15-26-38(31-37)43-44-45(34-19-7-2-8-20-34)51-42-30-14-13-29-41(42)47(44)55-46(43)39-27-16-28-40(32-39)50-53-48(35-21-9-3-10-22-35)52-49(54-50)36-23-11-4-12-24-36/h1-32H. The summed E-state index contributed by atoms with van der Waals surface area (Å²) in [6.07, 6.45) is 0. The minimum absolute atomic E-state index is 0.625. The first kappa shape index (κ1) is 32.6. The van der Waals surface area contributed by atoms with Gasteiger partial charge in [0.05, 0.1) is 11.2 Å². The Labute approximate surface area is 323 Å². The summed E-state index contributed by atoms with van der Waals surface area (Å²) in [5.41, 5.74) is 11.6. The number of pyridine rings is 1. The second kappa shape index (κ2) is 14.0. The molecular formula is C50H32N4S. The summed E-state index contributed by atoms with van der Waals surface area (Å²) >= 11 is 1.82. The Morgan fingerprint density at radius 1 is 0.327 bits per heavy atom. The minimum Gasteiger partial charge on any atom is -0.247 e. The molecule has 0 atom stereocenters. The lowest BCUT2D eigenvalue weighted by molar-refractivity contribution is 1.07. The predicted octanol–water partition coefficient (Wildman–Crippen LogP) is 13.3. The molecule has 0 saturated carbocycles. The Morgan fingerprint density at radius 2 is 0.782 bits per heavy atom. The molecule has 5 heteroatoms. The highest BCUT2D eigenvalue weighted by molar-refractivity contribution is 7.24. The number of thiophene rings is 1. The van der Waals surface area contributed by atoms with Gasteiger partial charge in [-0.15, -0.1) is 11.3 Å². The highest BCUT2D eigenvalue weighted by Crippen LogP contribution is 2.50. The van der Waals surface area contributed by atoms with E-state index in [4.69, 9.17) is 19.9 Å². The molecule has 0 aliphatic rings. The van der Waals surface area contributed by atoms with Crippen molar-refractivity contribution < 1.29 is 0 Å². The summed E-state index contributed by atoms with van der Waals surface area (Å²) in [6.45, 7) is 0. The monoisotopic (exact) mass is 720 g/mol. The topological polar surface area (TPSA) is 51.6 Å². The van der Waals surface area contributed by atoms with Crippen LogP contribution in [0.15, 0.2) is 194 Å². The van der Waals surface area contributed by atoms with Gasteiger partial charge < -0.3 is 0 Å². The minimum atomic E-state index is 0.625. The first-order chi connectivity index (χ1) is 27.3. The van der Waals surface area contributed by atoms with Crippen LogP contribution in [-0.2, 0) is 0 Å². The van der Waals surface area contributed by atoms with Crippen LogP contribution in [0.4, 0.5) is 0 Å². The highest BCUT2D eigenvalue weighted by atomic mass is 32.1. The van der Waals surface area contributed by atoms with Crippen LogP contribution in [0.2, 0.25) is 0 Å². The summed E-state index contributed by atoms with van der Waals surface area (Å²) in [7, 11) is 0. The molecule has 0 aliphatic heterocycles. The van der Waals surface area contributed by atoms with Crippen molar-refractivity contribution in [2.75, 3.05) is 0 Å². The number of benzene rings is 7. The quantitative estimate of drug-likeness (QED) is 0.164. The van der Waals surface area contributed by atoms with E-state index in [0.29, 0.717) is 17.5 Å². The van der Waals surface area contributed by atoms with Crippen LogP contribution in [0.1, 0.15) is 0 Å². The van der Waals surface area contributed by atoms with Gasteiger partial charge in [0.15, 0.2) is 17.5 Å². The van der Waals surface area contributed by atoms with Gasteiger partial charge in [0.1, 0.15) is 0 Å². The van der Waals surface area contributed by atoms with Gasteiger partial charge in [0, 0.05) is 48.2 Å². The molecule has 3 heterocycles. The highest BCUT2D eigenvalue weighted by Gasteiger charge is 2.23. The fourth-order valence-corrected chi connectivity index (χ4v) is 8.65. The van der Waals surface area contributed by atoms with E-state index in [0.717, 1.165) is 65.8 Å². The van der Waals surface area contributed by atoms with Crippen molar-refractivity contribution in [3.63, 3.8) is 0 Å².